The lowest BCUT2D eigenvalue weighted by atomic mass is 9.89. The van der Waals surface area contributed by atoms with Gasteiger partial charge in [0.15, 0.2) is 0 Å². The van der Waals surface area contributed by atoms with E-state index in [0.29, 0.717) is 11.5 Å². The molecule has 1 aromatic carbocycles. The first-order valence-electron chi connectivity index (χ1n) is 6.26. The Morgan fingerprint density at radius 1 is 1.42 bits per heavy atom. The zero-order valence-electron chi connectivity index (χ0n) is 10.9. The highest BCUT2D eigenvalue weighted by Gasteiger charge is 2.37. The summed E-state index contributed by atoms with van der Waals surface area (Å²) >= 11 is 0. The topological polar surface area (TPSA) is 66.3 Å². The lowest BCUT2D eigenvalue weighted by molar-refractivity contribution is 0.0699. The van der Waals surface area contributed by atoms with Crippen LogP contribution in [0.2, 0.25) is 0 Å². The first-order chi connectivity index (χ1) is 8.99. The van der Waals surface area contributed by atoms with Gasteiger partial charge in [-0.2, -0.15) is 0 Å². The van der Waals surface area contributed by atoms with Crippen LogP contribution in [0.1, 0.15) is 30.6 Å². The number of carboxylic acid groups (broad SMARTS) is 1. The van der Waals surface area contributed by atoms with Gasteiger partial charge in [0.25, 0.3) is 0 Å². The molecule has 0 amide bonds. The molecular formula is C14H15N3O2. The molecule has 0 saturated carbocycles. The zero-order chi connectivity index (χ0) is 13.6. The Bertz CT molecular complexity index is 667. The fourth-order valence-electron chi connectivity index (χ4n) is 2.39. The molecule has 98 valence electrons. The number of hydrogen-bond donors (Lipinski definition) is 1. The third kappa shape index (κ3) is 1.82. The molecule has 3 rings (SSSR count). The smallest absolute Gasteiger partial charge is 0.337 e. The lowest BCUT2D eigenvalue weighted by Crippen LogP contribution is -2.56. The molecule has 0 radical (unpaired) electrons. The minimum atomic E-state index is -0.960. The number of anilines is 1. The van der Waals surface area contributed by atoms with Crippen molar-refractivity contribution < 1.29 is 9.90 Å². The van der Waals surface area contributed by atoms with Gasteiger partial charge >= 0.3 is 5.97 Å². The number of carboxylic acids is 1. The van der Waals surface area contributed by atoms with E-state index in [1.165, 1.54) is 0 Å². The van der Waals surface area contributed by atoms with E-state index in [-0.39, 0.29) is 11.1 Å². The predicted octanol–water partition coefficient (Wildman–Crippen LogP) is 2.32. The number of fused-ring (bicyclic) bond motifs is 1. The van der Waals surface area contributed by atoms with Crippen LogP contribution in [0, 0.1) is 0 Å². The Labute approximate surface area is 110 Å². The highest BCUT2D eigenvalue weighted by Crippen LogP contribution is 2.33. The monoisotopic (exact) mass is 257 g/mol. The van der Waals surface area contributed by atoms with Crippen LogP contribution in [-0.2, 0) is 0 Å². The Morgan fingerprint density at radius 3 is 2.79 bits per heavy atom. The third-order valence-corrected chi connectivity index (χ3v) is 3.75. The molecule has 0 aliphatic carbocycles. The average molecular weight is 257 g/mol. The maximum Gasteiger partial charge on any atom is 0.337 e. The largest absolute Gasteiger partial charge is 0.478 e. The van der Waals surface area contributed by atoms with Crippen molar-refractivity contribution in [1.29, 1.82) is 0 Å². The van der Waals surface area contributed by atoms with E-state index >= 15 is 0 Å². The zero-order valence-corrected chi connectivity index (χ0v) is 10.9. The van der Waals surface area contributed by atoms with Gasteiger partial charge in [-0.3, -0.25) is 0 Å². The minimum absolute atomic E-state index is 0.0475. The van der Waals surface area contributed by atoms with Crippen LogP contribution in [0.4, 0.5) is 5.95 Å². The fraction of sp³-hybridized carbons (Fsp3) is 0.357. The summed E-state index contributed by atoms with van der Waals surface area (Å²) in [6, 6.07) is 5.11. The van der Waals surface area contributed by atoms with E-state index in [1.54, 1.807) is 18.3 Å². The first kappa shape index (κ1) is 11.9. The molecular weight excluding hydrogens is 242 g/mol. The highest BCUT2D eigenvalue weighted by molar-refractivity contribution is 6.01. The van der Waals surface area contributed by atoms with Gasteiger partial charge in [0.2, 0.25) is 5.95 Å². The Hall–Kier alpha value is -2.17. The van der Waals surface area contributed by atoms with Crippen LogP contribution in [0.3, 0.4) is 0 Å². The first-order valence-corrected chi connectivity index (χ1v) is 6.26. The van der Waals surface area contributed by atoms with Gasteiger partial charge in [-0.05, 0) is 26.3 Å². The van der Waals surface area contributed by atoms with Gasteiger partial charge in [-0.25, -0.2) is 14.8 Å². The van der Waals surface area contributed by atoms with Crippen LogP contribution < -0.4 is 4.90 Å². The molecule has 1 fully saturated rings. The van der Waals surface area contributed by atoms with Gasteiger partial charge in [-0.15, -0.1) is 0 Å². The van der Waals surface area contributed by atoms with E-state index in [9.17, 15) is 9.90 Å². The highest BCUT2D eigenvalue weighted by atomic mass is 16.4. The summed E-state index contributed by atoms with van der Waals surface area (Å²) in [5.74, 6) is -0.351. The average Bonchev–Trinajstić information content (AvgIpc) is 2.36. The van der Waals surface area contributed by atoms with E-state index in [2.05, 4.69) is 28.7 Å². The molecule has 1 aliphatic rings. The van der Waals surface area contributed by atoms with Crippen LogP contribution in [-0.4, -0.2) is 33.1 Å². The number of aromatic nitrogens is 2. The van der Waals surface area contributed by atoms with Gasteiger partial charge in [-0.1, -0.05) is 12.1 Å². The number of para-hydroxylation sites is 1. The molecule has 0 atom stereocenters. The van der Waals surface area contributed by atoms with E-state index in [4.69, 9.17) is 0 Å². The van der Waals surface area contributed by atoms with Crippen molar-refractivity contribution in [2.75, 3.05) is 11.4 Å². The maximum absolute atomic E-state index is 11.2. The van der Waals surface area contributed by atoms with Crippen molar-refractivity contribution in [2.45, 2.75) is 25.8 Å². The normalized spacial score (nSPS) is 17.3. The van der Waals surface area contributed by atoms with Gasteiger partial charge < -0.3 is 10.0 Å². The summed E-state index contributed by atoms with van der Waals surface area (Å²) < 4.78 is 0. The Balaban J connectivity index is 2.14. The minimum Gasteiger partial charge on any atom is -0.478 e. The second kappa shape index (κ2) is 3.91. The number of hydrogen-bond acceptors (Lipinski definition) is 4. The quantitative estimate of drug-likeness (QED) is 0.894. The number of rotatable bonds is 2. The van der Waals surface area contributed by atoms with E-state index in [1.807, 2.05) is 6.07 Å². The van der Waals surface area contributed by atoms with Gasteiger partial charge in [0.1, 0.15) is 0 Å². The Morgan fingerprint density at radius 2 is 2.21 bits per heavy atom. The van der Waals surface area contributed by atoms with Crippen LogP contribution in [0.25, 0.3) is 10.9 Å². The summed E-state index contributed by atoms with van der Waals surface area (Å²) in [4.78, 5) is 22.1. The summed E-state index contributed by atoms with van der Waals surface area (Å²) in [7, 11) is 0. The fourth-order valence-corrected chi connectivity index (χ4v) is 2.39. The number of nitrogens with zero attached hydrogens (tertiary/aromatic N) is 3. The third-order valence-electron chi connectivity index (χ3n) is 3.75. The van der Waals surface area contributed by atoms with Crippen LogP contribution in [0.5, 0.6) is 0 Å². The standard InChI is InChI=1S/C14H15N3O2/c1-14(2)6-7-17(14)13-15-8-9-4-3-5-10(12(18)19)11(9)16-13/h3-5,8H,6-7H2,1-2H3,(H,18,19). The van der Waals surface area contributed by atoms with Gasteiger partial charge in [0, 0.05) is 23.7 Å². The van der Waals surface area contributed by atoms with E-state index in [0.717, 1.165) is 18.4 Å². The summed E-state index contributed by atoms with van der Waals surface area (Å²) in [5.41, 5.74) is 0.772. The van der Waals surface area contributed by atoms with Gasteiger partial charge in [0.05, 0.1) is 11.1 Å². The van der Waals surface area contributed by atoms with Crippen molar-refractivity contribution in [3.8, 4) is 0 Å². The van der Waals surface area contributed by atoms with Crippen LogP contribution >= 0.6 is 0 Å². The summed E-state index contributed by atoms with van der Waals surface area (Å²) in [6.45, 7) is 5.17. The molecule has 1 aromatic heterocycles. The molecule has 5 heteroatoms. The molecule has 2 heterocycles. The van der Waals surface area contributed by atoms with Crippen molar-refractivity contribution in [3.63, 3.8) is 0 Å². The molecule has 1 aliphatic heterocycles. The molecule has 0 unspecified atom stereocenters. The molecule has 2 aromatic rings. The molecule has 1 saturated heterocycles. The van der Waals surface area contributed by atoms with Crippen molar-refractivity contribution >= 4 is 22.8 Å². The number of aromatic carboxylic acids is 1. The van der Waals surface area contributed by atoms with Crippen LogP contribution in [0.15, 0.2) is 24.4 Å². The molecule has 0 bridgehead atoms. The SMILES string of the molecule is CC1(C)CCN1c1ncc2cccc(C(=O)O)c2n1. The second-order valence-corrected chi connectivity index (χ2v) is 5.43. The summed E-state index contributed by atoms with van der Waals surface area (Å²) in [5, 5.41) is 9.96. The molecule has 5 nitrogen and oxygen atoms in total. The molecule has 19 heavy (non-hydrogen) atoms. The molecule has 0 spiro atoms. The van der Waals surface area contributed by atoms with E-state index < -0.39 is 5.97 Å². The number of benzene rings is 1. The number of carbonyl (C=O) groups is 1. The maximum atomic E-state index is 11.2. The van der Waals surface area contributed by atoms with Crippen molar-refractivity contribution in [1.82, 2.24) is 9.97 Å². The lowest BCUT2D eigenvalue weighted by Gasteiger charge is -2.48. The van der Waals surface area contributed by atoms with Crippen molar-refractivity contribution in [2.24, 2.45) is 0 Å². The van der Waals surface area contributed by atoms with Crippen molar-refractivity contribution in [3.05, 3.63) is 30.0 Å². The predicted molar refractivity (Wildman–Crippen MR) is 72.5 cm³/mol. The summed E-state index contributed by atoms with van der Waals surface area (Å²) in [6.07, 6.45) is 2.79. The second-order valence-electron chi connectivity index (χ2n) is 5.43. The Kier molecular flexibility index (Phi) is 2.45. The molecule has 1 N–H and O–H groups in total.